The minimum Gasteiger partial charge on any atom is -0.481 e. The summed E-state index contributed by atoms with van der Waals surface area (Å²) in [4.78, 5) is 25.0. The highest BCUT2D eigenvalue weighted by molar-refractivity contribution is 7.11. The van der Waals surface area contributed by atoms with Crippen LogP contribution in [0.4, 0.5) is 4.79 Å². The minimum atomic E-state index is -0.812. The minimum absolute atomic E-state index is 0.206. The van der Waals surface area contributed by atoms with Gasteiger partial charge in [-0.2, -0.15) is 0 Å². The first-order valence-electron chi connectivity index (χ1n) is 6.32. The van der Waals surface area contributed by atoms with E-state index in [0.29, 0.717) is 19.4 Å². The van der Waals surface area contributed by atoms with Crippen LogP contribution in [0.1, 0.15) is 29.0 Å². The first kappa shape index (κ1) is 13.9. The molecule has 5 nitrogen and oxygen atoms in total. The van der Waals surface area contributed by atoms with E-state index in [1.165, 1.54) is 4.88 Å². The van der Waals surface area contributed by atoms with E-state index < -0.39 is 11.4 Å². The van der Waals surface area contributed by atoms with Crippen molar-refractivity contribution in [2.24, 2.45) is 5.41 Å². The van der Waals surface area contributed by atoms with Gasteiger partial charge in [-0.15, -0.1) is 11.3 Å². The predicted octanol–water partition coefficient (Wildman–Crippen LogP) is 2.11. The zero-order valence-corrected chi connectivity index (χ0v) is 11.7. The molecule has 0 atom stereocenters. The molecule has 2 rings (SSSR count). The topological polar surface area (TPSA) is 78.4 Å². The largest absolute Gasteiger partial charge is 0.481 e. The Kier molecular flexibility index (Phi) is 4.09. The molecule has 0 bridgehead atoms. The fourth-order valence-electron chi connectivity index (χ4n) is 2.13. The molecule has 1 aromatic heterocycles. The average Bonchev–Trinajstić information content (AvgIpc) is 2.70. The van der Waals surface area contributed by atoms with Crippen molar-refractivity contribution in [1.29, 1.82) is 0 Å². The van der Waals surface area contributed by atoms with Gasteiger partial charge in [0.25, 0.3) is 0 Å². The molecule has 0 unspecified atom stereocenters. The summed E-state index contributed by atoms with van der Waals surface area (Å²) in [5.74, 6) is -0.812. The first-order valence-corrected chi connectivity index (χ1v) is 7.14. The zero-order chi connectivity index (χ0) is 13.9. The van der Waals surface area contributed by atoms with Crippen molar-refractivity contribution in [2.75, 3.05) is 6.54 Å². The number of carboxylic acid groups (broad SMARTS) is 1. The molecule has 1 aromatic rings. The van der Waals surface area contributed by atoms with E-state index in [-0.39, 0.29) is 12.6 Å². The number of hydrogen-bond acceptors (Lipinski definition) is 3. The predicted molar refractivity (Wildman–Crippen MR) is 73.2 cm³/mol. The molecule has 2 amide bonds. The molecular weight excluding hydrogens is 264 g/mol. The number of carbonyl (C=O) groups is 2. The quantitative estimate of drug-likeness (QED) is 0.774. The summed E-state index contributed by atoms with van der Waals surface area (Å²) in [7, 11) is 0. The highest BCUT2D eigenvalue weighted by Gasteiger charge is 2.44. The second kappa shape index (κ2) is 5.61. The second-order valence-corrected chi connectivity index (χ2v) is 6.36. The lowest BCUT2D eigenvalue weighted by molar-refractivity contribution is -0.153. The van der Waals surface area contributed by atoms with Gasteiger partial charge in [-0.05, 0) is 31.9 Å². The van der Waals surface area contributed by atoms with E-state index in [4.69, 9.17) is 5.11 Å². The van der Waals surface area contributed by atoms with Gasteiger partial charge in [-0.25, -0.2) is 4.79 Å². The Hall–Kier alpha value is -1.56. The van der Waals surface area contributed by atoms with Gasteiger partial charge in [-0.3, -0.25) is 4.79 Å². The van der Waals surface area contributed by atoms with Gasteiger partial charge in [0.15, 0.2) is 0 Å². The van der Waals surface area contributed by atoms with E-state index in [0.717, 1.165) is 11.3 Å². The molecule has 104 valence electrons. The second-order valence-electron chi connectivity index (χ2n) is 4.99. The van der Waals surface area contributed by atoms with Crippen molar-refractivity contribution in [3.63, 3.8) is 0 Å². The number of rotatable bonds is 5. The summed E-state index contributed by atoms with van der Waals surface area (Å²) in [5, 5.41) is 14.5. The van der Waals surface area contributed by atoms with Crippen LogP contribution in [0.15, 0.2) is 12.1 Å². The van der Waals surface area contributed by atoms with E-state index in [9.17, 15) is 9.59 Å². The van der Waals surface area contributed by atoms with Crippen LogP contribution < -0.4 is 10.6 Å². The van der Waals surface area contributed by atoms with Gasteiger partial charge in [0.05, 0.1) is 12.0 Å². The van der Waals surface area contributed by atoms with Gasteiger partial charge in [-0.1, -0.05) is 6.42 Å². The number of carboxylic acids is 1. The SMILES string of the molecule is Cc1ccc(CNC(=O)NCC2(C(=O)O)CCC2)s1. The Bertz CT molecular complexity index is 480. The van der Waals surface area contributed by atoms with E-state index >= 15 is 0 Å². The molecule has 0 aromatic carbocycles. The van der Waals surface area contributed by atoms with Crippen LogP contribution in [0.2, 0.25) is 0 Å². The van der Waals surface area contributed by atoms with Gasteiger partial charge in [0.1, 0.15) is 0 Å². The molecule has 0 aliphatic heterocycles. The Morgan fingerprint density at radius 3 is 2.58 bits per heavy atom. The number of carbonyl (C=O) groups excluding carboxylic acids is 1. The molecule has 0 saturated heterocycles. The highest BCUT2D eigenvalue weighted by atomic mass is 32.1. The van der Waals surface area contributed by atoms with Crippen LogP contribution in [0.3, 0.4) is 0 Å². The number of thiophene rings is 1. The van der Waals surface area contributed by atoms with Crippen LogP contribution in [-0.2, 0) is 11.3 Å². The zero-order valence-electron chi connectivity index (χ0n) is 10.9. The van der Waals surface area contributed by atoms with E-state index in [2.05, 4.69) is 10.6 Å². The molecule has 1 saturated carbocycles. The van der Waals surface area contributed by atoms with Crippen LogP contribution in [0, 0.1) is 12.3 Å². The third-order valence-electron chi connectivity index (χ3n) is 3.57. The lowest BCUT2D eigenvalue weighted by Crippen LogP contribution is -2.49. The van der Waals surface area contributed by atoms with Gasteiger partial charge < -0.3 is 15.7 Å². The van der Waals surface area contributed by atoms with Crippen molar-refractivity contribution in [3.05, 3.63) is 21.9 Å². The Morgan fingerprint density at radius 1 is 1.37 bits per heavy atom. The van der Waals surface area contributed by atoms with Crippen molar-refractivity contribution in [2.45, 2.75) is 32.7 Å². The third kappa shape index (κ3) is 3.26. The summed E-state index contributed by atoms with van der Waals surface area (Å²) in [6.07, 6.45) is 2.21. The standard InChI is InChI=1S/C13H18N2O3S/c1-9-3-4-10(19-9)7-14-12(18)15-8-13(11(16)17)5-2-6-13/h3-4H,2,5-8H2,1H3,(H,16,17)(H2,14,15,18). The fourth-order valence-corrected chi connectivity index (χ4v) is 2.96. The summed E-state index contributed by atoms with van der Waals surface area (Å²) >= 11 is 1.64. The van der Waals surface area contributed by atoms with Crippen molar-refractivity contribution < 1.29 is 14.7 Å². The smallest absolute Gasteiger partial charge is 0.315 e. The van der Waals surface area contributed by atoms with Crippen LogP contribution in [0.5, 0.6) is 0 Å². The molecule has 0 spiro atoms. The third-order valence-corrected chi connectivity index (χ3v) is 4.57. The lowest BCUT2D eigenvalue weighted by Gasteiger charge is -2.37. The van der Waals surface area contributed by atoms with Crippen molar-refractivity contribution in [1.82, 2.24) is 10.6 Å². The maximum absolute atomic E-state index is 11.6. The summed E-state index contributed by atoms with van der Waals surface area (Å²) in [5.41, 5.74) is -0.739. The number of urea groups is 1. The molecular formula is C13H18N2O3S. The van der Waals surface area contributed by atoms with E-state index in [1.54, 1.807) is 11.3 Å². The molecule has 3 N–H and O–H groups in total. The average molecular weight is 282 g/mol. The van der Waals surface area contributed by atoms with Crippen LogP contribution in [-0.4, -0.2) is 23.7 Å². The van der Waals surface area contributed by atoms with Gasteiger partial charge in [0, 0.05) is 16.3 Å². The molecule has 0 radical (unpaired) electrons. The normalized spacial score (nSPS) is 16.5. The number of amides is 2. The first-order chi connectivity index (χ1) is 9.02. The Labute approximate surface area is 116 Å². The van der Waals surface area contributed by atoms with Gasteiger partial charge in [0.2, 0.25) is 0 Å². The summed E-state index contributed by atoms with van der Waals surface area (Å²) in [6.45, 7) is 2.70. The fraction of sp³-hybridized carbons (Fsp3) is 0.538. The van der Waals surface area contributed by atoms with Gasteiger partial charge >= 0.3 is 12.0 Å². The maximum Gasteiger partial charge on any atom is 0.315 e. The lowest BCUT2D eigenvalue weighted by atomic mass is 9.69. The molecule has 1 aliphatic rings. The maximum atomic E-state index is 11.6. The Balaban J connectivity index is 1.74. The number of hydrogen-bond donors (Lipinski definition) is 3. The molecule has 6 heteroatoms. The van der Waals surface area contributed by atoms with Crippen molar-refractivity contribution >= 4 is 23.3 Å². The van der Waals surface area contributed by atoms with Crippen LogP contribution >= 0.6 is 11.3 Å². The number of aryl methyl sites for hydroxylation is 1. The molecule has 1 heterocycles. The Morgan fingerprint density at radius 2 is 2.11 bits per heavy atom. The molecule has 19 heavy (non-hydrogen) atoms. The summed E-state index contributed by atoms with van der Waals surface area (Å²) in [6, 6.07) is 3.68. The number of aliphatic carboxylic acids is 1. The van der Waals surface area contributed by atoms with Crippen molar-refractivity contribution in [3.8, 4) is 0 Å². The number of nitrogens with one attached hydrogen (secondary N) is 2. The summed E-state index contributed by atoms with van der Waals surface area (Å²) < 4.78 is 0. The van der Waals surface area contributed by atoms with E-state index in [1.807, 2.05) is 19.1 Å². The highest BCUT2D eigenvalue weighted by Crippen LogP contribution is 2.40. The monoisotopic (exact) mass is 282 g/mol. The van der Waals surface area contributed by atoms with Crippen LogP contribution in [0.25, 0.3) is 0 Å². The molecule has 1 fully saturated rings. The molecule has 1 aliphatic carbocycles.